The minimum absolute atomic E-state index is 0.0521. The number of rotatable bonds is 3. The van der Waals surface area contributed by atoms with Gasteiger partial charge in [-0.2, -0.15) is 0 Å². The molecule has 140 valence electrons. The van der Waals surface area contributed by atoms with E-state index in [2.05, 4.69) is 5.32 Å². The van der Waals surface area contributed by atoms with E-state index in [4.69, 9.17) is 4.99 Å². The Balaban J connectivity index is 1.88. The molecule has 4 rings (SSSR count). The average Bonchev–Trinajstić information content (AvgIpc) is 2.83. The standard InChI is InChI=1S/C23H19FN2OS/c1-14(2)25-23(27)16-10-11-21-19(13-16)26-22(15-6-5-7-17(24)12-15)18-8-3-4-9-20(18)28-21/h3-14H,1-2H3,(H,25,27). The molecule has 1 heterocycles. The Labute approximate surface area is 167 Å². The first-order valence-corrected chi connectivity index (χ1v) is 9.90. The van der Waals surface area contributed by atoms with Crippen molar-refractivity contribution in [3.8, 4) is 0 Å². The molecule has 3 aromatic carbocycles. The number of fused-ring (bicyclic) bond motifs is 2. The lowest BCUT2D eigenvalue weighted by Crippen LogP contribution is -2.29. The maximum absolute atomic E-state index is 13.9. The van der Waals surface area contributed by atoms with Crippen molar-refractivity contribution >= 4 is 29.1 Å². The van der Waals surface area contributed by atoms with Crippen molar-refractivity contribution in [3.05, 3.63) is 89.2 Å². The highest BCUT2D eigenvalue weighted by atomic mass is 32.2. The molecule has 0 aliphatic carbocycles. The minimum atomic E-state index is -0.306. The molecule has 0 saturated heterocycles. The van der Waals surface area contributed by atoms with E-state index in [-0.39, 0.29) is 17.8 Å². The van der Waals surface area contributed by atoms with Crippen LogP contribution in [-0.2, 0) is 0 Å². The molecule has 1 aliphatic rings. The summed E-state index contributed by atoms with van der Waals surface area (Å²) in [6.45, 7) is 3.85. The van der Waals surface area contributed by atoms with Crippen molar-refractivity contribution in [1.82, 2.24) is 5.32 Å². The summed E-state index contributed by atoms with van der Waals surface area (Å²) in [5.41, 5.74) is 3.61. The predicted molar refractivity (Wildman–Crippen MR) is 111 cm³/mol. The van der Waals surface area contributed by atoms with E-state index in [1.165, 1.54) is 12.1 Å². The van der Waals surface area contributed by atoms with Crippen molar-refractivity contribution in [1.29, 1.82) is 0 Å². The Morgan fingerprint density at radius 2 is 1.82 bits per heavy atom. The summed E-state index contributed by atoms with van der Waals surface area (Å²) in [4.78, 5) is 19.3. The minimum Gasteiger partial charge on any atom is -0.350 e. The van der Waals surface area contributed by atoms with Crippen LogP contribution in [0.3, 0.4) is 0 Å². The van der Waals surface area contributed by atoms with Crippen LogP contribution in [0.5, 0.6) is 0 Å². The second-order valence-corrected chi connectivity index (χ2v) is 7.96. The number of amides is 1. The van der Waals surface area contributed by atoms with Crippen LogP contribution >= 0.6 is 11.8 Å². The van der Waals surface area contributed by atoms with E-state index >= 15 is 0 Å². The molecule has 28 heavy (non-hydrogen) atoms. The third-order valence-electron chi connectivity index (χ3n) is 4.33. The average molecular weight is 390 g/mol. The predicted octanol–water partition coefficient (Wildman–Crippen LogP) is 5.60. The molecule has 0 radical (unpaired) electrons. The summed E-state index contributed by atoms with van der Waals surface area (Å²) >= 11 is 1.60. The molecule has 0 bridgehead atoms. The number of aliphatic imine (C=N–C) groups is 1. The van der Waals surface area contributed by atoms with E-state index in [9.17, 15) is 9.18 Å². The summed E-state index contributed by atoms with van der Waals surface area (Å²) in [6, 6.07) is 20.0. The van der Waals surface area contributed by atoms with Gasteiger partial charge in [-0.3, -0.25) is 4.79 Å². The van der Waals surface area contributed by atoms with Crippen LogP contribution in [0.1, 0.15) is 35.3 Å². The normalized spacial score (nSPS) is 12.6. The Bertz CT molecular complexity index is 1090. The third-order valence-corrected chi connectivity index (χ3v) is 5.47. The first-order valence-electron chi connectivity index (χ1n) is 9.08. The largest absolute Gasteiger partial charge is 0.350 e. The van der Waals surface area contributed by atoms with Crippen molar-refractivity contribution in [2.75, 3.05) is 0 Å². The topological polar surface area (TPSA) is 41.5 Å². The van der Waals surface area contributed by atoms with Gasteiger partial charge in [-0.1, -0.05) is 42.1 Å². The van der Waals surface area contributed by atoms with Crippen molar-refractivity contribution in [2.24, 2.45) is 4.99 Å². The van der Waals surface area contributed by atoms with Gasteiger partial charge < -0.3 is 5.32 Å². The van der Waals surface area contributed by atoms with Gasteiger partial charge in [0, 0.05) is 32.5 Å². The molecule has 0 spiro atoms. The zero-order valence-corrected chi connectivity index (χ0v) is 16.4. The molecule has 0 aromatic heterocycles. The molecule has 3 aromatic rings. The van der Waals surface area contributed by atoms with Crippen LogP contribution in [0.2, 0.25) is 0 Å². The second kappa shape index (κ2) is 7.60. The quantitative estimate of drug-likeness (QED) is 0.495. The van der Waals surface area contributed by atoms with E-state index in [1.807, 2.05) is 56.3 Å². The van der Waals surface area contributed by atoms with Crippen LogP contribution in [0.4, 0.5) is 10.1 Å². The highest BCUT2D eigenvalue weighted by molar-refractivity contribution is 7.99. The van der Waals surface area contributed by atoms with Crippen LogP contribution in [-0.4, -0.2) is 17.7 Å². The van der Waals surface area contributed by atoms with Crippen LogP contribution in [0.25, 0.3) is 0 Å². The number of hydrogen-bond donors (Lipinski definition) is 1. The monoisotopic (exact) mass is 390 g/mol. The summed E-state index contributed by atoms with van der Waals surface area (Å²) in [5.74, 6) is -0.438. The van der Waals surface area contributed by atoms with Crippen LogP contribution in [0.15, 0.2) is 81.5 Å². The summed E-state index contributed by atoms with van der Waals surface area (Å²) in [5, 5.41) is 2.91. The Morgan fingerprint density at radius 1 is 1.00 bits per heavy atom. The summed E-state index contributed by atoms with van der Waals surface area (Å²) in [7, 11) is 0. The molecule has 3 nitrogen and oxygen atoms in total. The van der Waals surface area contributed by atoms with Crippen molar-refractivity contribution in [3.63, 3.8) is 0 Å². The molecule has 0 unspecified atom stereocenters. The first-order chi connectivity index (χ1) is 13.5. The number of halogens is 1. The van der Waals surface area contributed by atoms with Gasteiger partial charge in [0.15, 0.2) is 0 Å². The number of benzene rings is 3. The Kier molecular flexibility index (Phi) is 5.01. The molecule has 1 aliphatic heterocycles. The lowest BCUT2D eigenvalue weighted by molar-refractivity contribution is 0.0943. The SMILES string of the molecule is CC(C)NC(=O)c1ccc2c(c1)N=C(c1cccc(F)c1)c1ccccc1S2. The number of carbonyl (C=O) groups excluding carboxylic acids is 1. The Morgan fingerprint density at radius 3 is 2.61 bits per heavy atom. The molecule has 0 atom stereocenters. The fraction of sp³-hybridized carbons (Fsp3) is 0.130. The molecule has 1 amide bonds. The van der Waals surface area contributed by atoms with E-state index in [0.717, 1.165) is 15.4 Å². The zero-order chi connectivity index (χ0) is 19.7. The van der Waals surface area contributed by atoms with Gasteiger partial charge in [-0.25, -0.2) is 9.38 Å². The number of carbonyl (C=O) groups is 1. The highest BCUT2D eigenvalue weighted by Gasteiger charge is 2.20. The van der Waals surface area contributed by atoms with E-state index < -0.39 is 0 Å². The van der Waals surface area contributed by atoms with Crippen LogP contribution in [0, 0.1) is 5.82 Å². The second-order valence-electron chi connectivity index (χ2n) is 6.88. The molecule has 5 heteroatoms. The highest BCUT2D eigenvalue weighted by Crippen LogP contribution is 2.41. The molecule has 0 saturated carbocycles. The van der Waals surface area contributed by atoms with Gasteiger partial charge in [0.1, 0.15) is 5.82 Å². The number of hydrogen-bond acceptors (Lipinski definition) is 3. The number of nitrogens with one attached hydrogen (secondary N) is 1. The lowest BCUT2D eigenvalue weighted by atomic mass is 10.0. The third kappa shape index (κ3) is 3.71. The van der Waals surface area contributed by atoms with Gasteiger partial charge in [-0.05, 0) is 50.2 Å². The van der Waals surface area contributed by atoms with Crippen LogP contribution < -0.4 is 5.32 Å². The smallest absolute Gasteiger partial charge is 0.251 e. The van der Waals surface area contributed by atoms with Gasteiger partial charge in [0.2, 0.25) is 0 Å². The molecule has 0 fully saturated rings. The molecular formula is C23H19FN2OS. The maximum atomic E-state index is 13.9. The van der Waals surface area contributed by atoms with Gasteiger partial charge in [-0.15, -0.1) is 0 Å². The summed E-state index contributed by atoms with van der Waals surface area (Å²) < 4.78 is 13.9. The van der Waals surface area contributed by atoms with E-state index in [0.29, 0.717) is 22.5 Å². The fourth-order valence-electron chi connectivity index (χ4n) is 3.08. The molecule has 1 N–H and O–H groups in total. The maximum Gasteiger partial charge on any atom is 0.251 e. The number of nitrogens with zero attached hydrogens (tertiary/aromatic N) is 1. The van der Waals surface area contributed by atoms with Crippen molar-refractivity contribution < 1.29 is 9.18 Å². The van der Waals surface area contributed by atoms with E-state index in [1.54, 1.807) is 23.9 Å². The van der Waals surface area contributed by atoms with Gasteiger partial charge in [0.25, 0.3) is 5.91 Å². The first kappa shape index (κ1) is 18.4. The Hall–Kier alpha value is -2.92. The molecular weight excluding hydrogens is 371 g/mol. The summed E-state index contributed by atoms with van der Waals surface area (Å²) in [6.07, 6.45) is 0. The van der Waals surface area contributed by atoms with Gasteiger partial charge in [0.05, 0.1) is 11.4 Å². The zero-order valence-electron chi connectivity index (χ0n) is 15.6. The van der Waals surface area contributed by atoms with Crippen molar-refractivity contribution in [2.45, 2.75) is 29.7 Å². The fourth-order valence-corrected chi connectivity index (χ4v) is 4.09. The van der Waals surface area contributed by atoms with Gasteiger partial charge >= 0.3 is 0 Å². The lowest BCUT2D eigenvalue weighted by Gasteiger charge is -2.10.